The Morgan fingerprint density at radius 2 is 2.30 bits per heavy atom. The van der Waals surface area contributed by atoms with Crippen LogP contribution in [0.1, 0.15) is 23.2 Å². The van der Waals surface area contributed by atoms with Gasteiger partial charge in [-0.1, -0.05) is 24.3 Å². The topological polar surface area (TPSA) is 91.3 Å². The second-order valence-electron chi connectivity index (χ2n) is 5.88. The van der Waals surface area contributed by atoms with Crippen molar-refractivity contribution in [2.75, 3.05) is 20.2 Å². The number of nitrogens with one attached hydrogen (secondary N) is 1. The Bertz CT molecular complexity index is 674. The number of likely N-dealkylation sites (tertiary alicyclic amines) is 1. The zero-order valence-corrected chi connectivity index (χ0v) is 13.0. The van der Waals surface area contributed by atoms with Crippen molar-refractivity contribution in [3.05, 3.63) is 47.3 Å². The standard InChI is InChI=1S/C16H20N4O3/c1-23-10-13-4-2-3-12(7-13)8-15(21)20-6-5-16(22,11-20)14-9-17-19-18-14/h2-4,7,9,22H,5-6,8,10-11H2,1H3,(H,17,18,19). The fourth-order valence-electron chi connectivity index (χ4n) is 2.92. The van der Waals surface area contributed by atoms with Crippen molar-refractivity contribution in [1.29, 1.82) is 0 Å². The summed E-state index contributed by atoms with van der Waals surface area (Å²) >= 11 is 0. The molecule has 0 bridgehead atoms. The number of rotatable bonds is 5. The quantitative estimate of drug-likeness (QED) is 0.843. The van der Waals surface area contributed by atoms with Gasteiger partial charge in [0.1, 0.15) is 11.3 Å². The fourth-order valence-corrected chi connectivity index (χ4v) is 2.92. The van der Waals surface area contributed by atoms with Gasteiger partial charge < -0.3 is 14.7 Å². The van der Waals surface area contributed by atoms with Crippen molar-refractivity contribution in [2.45, 2.75) is 25.0 Å². The maximum Gasteiger partial charge on any atom is 0.227 e. The van der Waals surface area contributed by atoms with Crippen molar-refractivity contribution in [1.82, 2.24) is 20.3 Å². The van der Waals surface area contributed by atoms with Crippen LogP contribution in [0.2, 0.25) is 0 Å². The predicted octanol–water partition coefficient (Wildman–Crippen LogP) is 0.614. The molecule has 0 spiro atoms. The second-order valence-corrected chi connectivity index (χ2v) is 5.88. The number of hydrogen-bond acceptors (Lipinski definition) is 5. The van der Waals surface area contributed by atoms with Crippen molar-refractivity contribution in [3.8, 4) is 0 Å². The van der Waals surface area contributed by atoms with Crippen LogP contribution in [-0.2, 0) is 28.2 Å². The SMILES string of the molecule is COCc1cccc(CC(=O)N2CCC(O)(c3cn[nH]n3)C2)c1. The number of nitrogens with zero attached hydrogens (tertiary/aromatic N) is 3. The number of hydrogen-bond donors (Lipinski definition) is 2. The molecular formula is C16H20N4O3. The smallest absolute Gasteiger partial charge is 0.227 e. The van der Waals surface area contributed by atoms with E-state index in [-0.39, 0.29) is 12.5 Å². The number of aromatic amines is 1. The molecule has 3 rings (SSSR count). The highest BCUT2D eigenvalue weighted by Gasteiger charge is 2.41. The molecule has 1 aliphatic rings. The van der Waals surface area contributed by atoms with E-state index in [1.165, 1.54) is 6.20 Å². The number of carbonyl (C=O) groups is 1. The summed E-state index contributed by atoms with van der Waals surface area (Å²) in [5.74, 6) is -0.000938. The van der Waals surface area contributed by atoms with E-state index in [1.54, 1.807) is 12.0 Å². The lowest BCUT2D eigenvalue weighted by Gasteiger charge is -2.21. The third-order valence-corrected chi connectivity index (χ3v) is 4.15. The average molecular weight is 316 g/mol. The van der Waals surface area contributed by atoms with Crippen LogP contribution in [0, 0.1) is 0 Å². The lowest BCUT2D eigenvalue weighted by Crippen LogP contribution is -2.35. The van der Waals surface area contributed by atoms with Gasteiger partial charge in [-0.25, -0.2) is 0 Å². The first kappa shape index (κ1) is 15.6. The minimum atomic E-state index is -1.11. The molecule has 7 heteroatoms. The van der Waals surface area contributed by atoms with E-state index >= 15 is 0 Å². The number of aromatic nitrogens is 3. The first-order chi connectivity index (χ1) is 11.1. The number of β-amino-alcohol motifs (C(OH)–C–C–N with tert-alkyl or cyclic N) is 1. The Morgan fingerprint density at radius 1 is 1.48 bits per heavy atom. The number of ether oxygens (including phenoxy) is 1. The molecule has 2 N–H and O–H groups in total. The van der Waals surface area contributed by atoms with E-state index in [4.69, 9.17) is 4.74 Å². The predicted molar refractivity (Wildman–Crippen MR) is 82.3 cm³/mol. The summed E-state index contributed by atoms with van der Waals surface area (Å²) in [5, 5.41) is 20.8. The van der Waals surface area contributed by atoms with Gasteiger partial charge in [0, 0.05) is 20.1 Å². The van der Waals surface area contributed by atoms with Crippen LogP contribution in [-0.4, -0.2) is 51.5 Å². The van der Waals surface area contributed by atoms with E-state index in [9.17, 15) is 9.90 Å². The fraction of sp³-hybridized carbons (Fsp3) is 0.438. The Labute approximate surface area is 134 Å². The molecule has 1 amide bonds. The van der Waals surface area contributed by atoms with Crippen molar-refractivity contribution < 1.29 is 14.6 Å². The summed E-state index contributed by atoms with van der Waals surface area (Å²) in [4.78, 5) is 14.2. The first-order valence-electron chi connectivity index (χ1n) is 7.54. The summed E-state index contributed by atoms with van der Waals surface area (Å²) in [7, 11) is 1.65. The molecule has 0 saturated carbocycles. The Balaban J connectivity index is 1.64. The molecule has 1 fully saturated rings. The highest BCUT2D eigenvalue weighted by atomic mass is 16.5. The molecule has 1 aliphatic heterocycles. The van der Waals surface area contributed by atoms with Gasteiger partial charge in [0.05, 0.1) is 25.8 Å². The Morgan fingerprint density at radius 3 is 3.04 bits per heavy atom. The van der Waals surface area contributed by atoms with Crippen molar-refractivity contribution in [2.24, 2.45) is 0 Å². The summed E-state index contributed by atoms with van der Waals surface area (Å²) in [6, 6.07) is 7.79. The van der Waals surface area contributed by atoms with E-state index in [2.05, 4.69) is 15.4 Å². The molecule has 2 heterocycles. The first-order valence-corrected chi connectivity index (χ1v) is 7.54. The lowest BCUT2D eigenvalue weighted by molar-refractivity contribution is -0.130. The molecule has 23 heavy (non-hydrogen) atoms. The van der Waals surface area contributed by atoms with Gasteiger partial charge in [-0.05, 0) is 11.1 Å². The third kappa shape index (κ3) is 3.40. The number of H-pyrrole nitrogens is 1. The van der Waals surface area contributed by atoms with Crippen molar-refractivity contribution >= 4 is 5.91 Å². The van der Waals surface area contributed by atoms with Crippen LogP contribution >= 0.6 is 0 Å². The van der Waals surface area contributed by atoms with E-state index in [0.717, 1.165) is 11.1 Å². The number of aliphatic hydroxyl groups is 1. The highest BCUT2D eigenvalue weighted by Crippen LogP contribution is 2.30. The molecular weight excluding hydrogens is 296 g/mol. The molecule has 1 unspecified atom stereocenters. The lowest BCUT2D eigenvalue weighted by atomic mass is 10.00. The molecule has 122 valence electrons. The molecule has 1 aromatic carbocycles. The van der Waals surface area contributed by atoms with E-state index in [0.29, 0.717) is 31.7 Å². The maximum atomic E-state index is 12.5. The Kier molecular flexibility index (Phi) is 4.40. The second kappa shape index (κ2) is 6.47. The number of carbonyl (C=O) groups excluding carboxylic acids is 1. The molecule has 0 radical (unpaired) electrons. The van der Waals surface area contributed by atoms with Crippen LogP contribution < -0.4 is 0 Å². The van der Waals surface area contributed by atoms with Gasteiger partial charge in [0.2, 0.25) is 5.91 Å². The van der Waals surface area contributed by atoms with Crippen LogP contribution in [0.5, 0.6) is 0 Å². The van der Waals surface area contributed by atoms with Crippen molar-refractivity contribution in [3.63, 3.8) is 0 Å². The van der Waals surface area contributed by atoms with Gasteiger partial charge in [-0.2, -0.15) is 15.4 Å². The molecule has 0 aliphatic carbocycles. The van der Waals surface area contributed by atoms with Crippen LogP contribution in [0.4, 0.5) is 0 Å². The summed E-state index contributed by atoms with van der Waals surface area (Å²) in [6.45, 7) is 1.29. The van der Waals surface area contributed by atoms with Crippen LogP contribution in [0.3, 0.4) is 0 Å². The number of amides is 1. The largest absolute Gasteiger partial charge is 0.381 e. The zero-order chi connectivity index (χ0) is 16.3. The highest BCUT2D eigenvalue weighted by molar-refractivity contribution is 5.79. The van der Waals surface area contributed by atoms with Gasteiger partial charge >= 0.3 is 0 Å². The van der Waals surface area contributed by atoms with Gasteiger partial charge in [-0.3, -0.25) is 4.79 Å². The summed E-state index contributed by atoms with van der Waals surface area (Å²) < 4.78 is 5.11. The van der Waals surface area contributed by atoms with Gasteiger partial charge in [-0.15, -0.1) is 0 Å². The molecule has 1 aromatic heterocycles. The number of benzene rings is 1. The van der Waals surface area contributed by atoms with E-state index in [1.807, 2.05) is 24.3 Å². The monoisotopic (exact) mass is 316 g/mol. The summed E-state index contributed by atoms with van der Waals surface area (Å²) in [6.07, 6.45) is 2.28. The van der Waals surface area contributed by atoms with E-state index < -0.39 is 5.60 Å². The minimum Gasteiger partial charge on any atom is -0.381 e. The maximum absolute atomic E-state index is 12.5. The molecule has 2 aromatic rings. The molecule has 1 atom stereocenters. The Hall–Kier alpha value is -2.25. The zero-order valence-electron chi connectivity index (χ0n) is 13.0. The van der Waals surface area contributed by atoms with Gasteiger partial charge in [0.15, 0.2) is 0 Å². The minimum absolute atomic E-state index is 0.000938. The average Bonchev–Trinajstić information content (AvgIpc) is 3.18. The van der Waals surface area contributed by atoms with Gasteiger partial charge in [0.25, 0.3) is 0 Å². The molecule has 7 nitrogen and oxygen atoms in total. The van der Waals surface area contributed by atoms with Crippen LogP contribution in [0.15, 0.2) is 30.5 Å². The third-order valence-electron chi connectivity index (χ3n) is 4.15. The summed E-state index contributed by atoms with van der Waals surface area (Å²) in [5.41, 5.74) is 1.36. The normalized spacial score (nSPS) is 20.9. The molecule has 1 saturated heterocycles. The van der Waals surface area contributed by atoms with Crippen LogP contribution in [0.25, 0.3) is 0 Å². The number of methoxy groups -OCH3 is 1.